The molecule has 1 aliphatic rings. The molecule has 0 spiro atoms. The van der Waals surface area contributed by atoms with Crippen LogP contribution in [0.15, 0.2) is 30.3 Å². The third kappa shape index (κ3) is 3.28. The SMILES string of the molecule is COc1ccc(F)c(-c2cc(F)c(CO)cc2[C@H]2CCCC2(C)C)c1. The number of aliphatic hydroxyl groups excluding tert-OH is 1. The Bertz CT molecular complexity index is 784. The van der Waals surface area contributed by atoms with Crippen molar-refractivity contribution in [1.29, 1.82) is 0 Å². The number of hydrogen-bond donors (Lipinski definition) is 1. The first-order chi connectivity index (χ1) is 11.9. The second kappa shape index (κ2) is 6.75. The molecule has 2 aromatic rings. The maximum atomic E-state index is 14.5. The average molecular weight is 346 g/mol. The van der Waals surface area contributed by atoms with Gasteiger partial charge in [0.2, 0.25) is 0 Å². The normalized spacial score (nSPS) is 19.2. The van der Waals surface area contributed by atoms with Crippen molar-refractivity contribution >= 4 is 0 Å². The smallest absolute Gasteiger partial charge is 0.131 e. The van der Waals surface area contributed by atoms with Gasteiger partial charge in [-0.3, -0.25) is 0 Å². The molecule has 1 saturated carbocycles. The lowest BCUT2D eigenvalue weighted by molar-refractivity contribution is 0.275. The maximum absolute atomic E-state index is 14.5. The Morgan fingerprint density at radius 3 is 2.48 bits per heavy atom. The fourth-order valence-electron chi connectivity index (χ4n) is 4.02. The highest BCUT2D eigenvalue weighted by Crippen LogP contribution is 2.51. The molecule has 0 heterocycles. The van der Waals surface area contributed by atoms with Gasteiger partial charge >= 0.3 is 0 Å². The molecule has 1 atom stereocenters. The lowest BCUT2D eigenvalue weighted by Gasteiger charge is -2.30. The van der Waals surface area contributed by atoms with Crippen LogP contribution in [0.4, 0.5) is 8.78 Å². The Morgan fingerprint density at radius 1 is 1.12 bits per heavy atom. The summed E-state index contributed by atoms with van der Waals surface area (Å²) in [5.41, 5.74) is 2.09. The van der Waals surface area contributed by atoms with Gasteiger partial charge in [-0.1, -0.05) is 20.3 Å². The van der Waals surface area contributed by atoms with Crippen molar-refractivity contribution in [2.45, 2.75) is 45.6 Å². The zero-order valence-corrected chi connectivity index (χ0v) is 14.9. The molecule has 25 heavy (non-hydrogen) atoms. The largest absolute Gasteiger partial charge is 0.497 e. The summed E-state index contributed by atoms with van der Waals surface area (Å²) in [6.07, 6.45) is 3.13. The standard InChI is InChI=1S/C21H24F2O2/c1-21(2)8-4-5-18(21)16-9-13(12-24)20(23)11-15(16)17-10-14(25-3)6-7-19(17)22/h6-7,9-11,18,24H,4-5,8,12H2,1-3H3/t18-/m1/s1. The van der Waals surface area contributed by atoms with Crippen LogP contribution in [0.25, 0.3) is 11.1 Å². The lowest BCUT2D eigenvalue weighted by atomic mass is 9.75. The second-order valence-corrected chi connectivity index (χ2v) is 7.47. The van der Waals surface area contributed by atoms with E-state index in [9.17, 15) is 13.9 Å². The summed E-state index contributed by atoms with van der Waals surface area (Å²) in [6.45, 7) is 4.02. The molecule has 0 unspecified atom stereocenters. The average Bonchev–Trinajstić information content (AvgIpc) is 2.94. The van der Waals surface area contributed by atoms with Crippen LogP contribution in [0, 0.1) is 17.0 Å². The van der Waals surface area contributed by atoms with Crippen molar-refractivity contribution in [2.24, 2.45) is 5.41 Å². The van der Waals surface area contributed by atoms with Gasteiger partial charge in [0.1, 0.15) is 17.4 Å². The van der Waals surface area contributed by atoms with Gasteiger partial charge in [0.15, 0.2) is 0 Å². The molecule has 1 N–H and O–H groups in total. The van der Waals surface area contributed by atoms with Crippen LogP contribution < -0.4 is 4.74 Å². The van der Waals surface area contributed by atoms with E-state index in [0.29, 0.717) is 16.9 Å². The van der Waals surface area contributed by atoms with Gasteiger partial charge in [-0.15, -0.1) is 0 Å². The maximum Gasteiger partial charge on any atom is 0.131 e. The van der Waals surface area contributed by atoms with E-state index in [1.807, 2.05) is 0 Å². The lowest BCUT2D eigenvalue weighted by Crippen LogP contribution is -2.17. The quantitative estimate of drug-likeness (QED) is 0.800. The van der Waals surface area contributed by atoms with Crippen molar-refractivity contribution in [1.82, 2.24) is 0 Å². The Kier molecular flexibility index (Phi) is 4.83. The number of aliphatic hydroxyl groups is 1. The van der Waals surface area contributed by atoms with Gasteiger partial charge in [0.25, 0.3) is 0 Å². The minimum atomic E-state index is -0.515. The van der Waals surface area contributed by atoms with Gasteiger partial charge in [-0.25, -0.2) is 8.78 Å². The molecule has 3 rings (SSSR count). The number of halogens is 2. The summed E-state index contributed by atoms with van der Waals surface area (Å²) in [4.78, 5) is 0. The minimum Gasteiger partial charge on any atom is -0.497 e. The highest BCUT2D eigenvalue weighted by molar-refractivity contribution is 5.71. The summed E-state index contributed by atoms with van der Waals surface area (Å²) in [5, 5.41) is 9.48. The predicted octanol–water partition coefficient (Wildman–Crippen LogP) is 5.43. The summed E-state index contributed by atoms with van der Waals surface area (Å²) in [5.74, 6) is -0.202. The summed E-state index contributed by atoms with van der Waals surface area (Å²) < 4.78 is 34.1. The first-order valence-corrected chi connectivity index (χ1v) is 8.64. The van der Waals surface area contributed by atoms with Crippen LogP contribution in [0.2, 0.25) is 0 Å². The molecule has 0 amide bonds. The van der Waals surface area contributed by atoms with Crippen molar-refractivity contribution in [3.63, 3.8) is 0 Å². The topological polar surface area (TPSA) is 29.5 Å². The molecule has 2 aromatic carbocycles. The molecule has 134 valence electrons. The van der Waals surface area contributed by atoms with Crippen LogP contribution in [0.3, 0.4) is 0 Å². The van der Waals surface area contributed by atoms with Crippen LogP contribution in [0.1, 0.15) is 50.2 Å². The molecule has 1 fully saturated rings. The molecule has 0 bridgehead atoms. The zero-order valence-electron chi connectivity index (χ0n) is 14.9. The highest BCUT2D eigenvalue weighted by atomic mass is 19.1. The number of ether oxygens (including phenoxy) is 1. The first kappa shape index (κ1) is 17.9. The van der Waals surface area contributed by atoms with E-state index in [-0.39, 0.29) is 23.5 Å². The van der Waals surface area contributed by atoms with Gasteiger partial charge in [-0.2, -0.15) is 0 Å². The number of hydrogen-bond acceptors (Lipinski definition) is 2. The summed E-state index contributed by atoms with van der Waals surface area (Å²) in [6, 6.07) is 7.56. The predicted molar refractivity (Wildman–Crippen MR) is 94.6 cm³/mol. The Hall–Kier alpha value is -1.94. The van der Waals surface area contributed by atoms with E-state index in [4.69, 9.17) is 4.74 Å². The molecule has 0 saturated heterocycles. The fraction of sp³-hybridized carbons (Fsp3) is 0.429. The first-order valence-electron chi connectivity index (χ1n) is 8.64. The van der Waals surface area contributed by atoms with Crippen molar-refractivity contribution in [2.75, 3.05) is 7.11 Å². The third-order valence-corrected chi connectivity index (χ3v) is 5.49. The van der Waals surface area contributed by atoms with Gasteiger partial charge in [-0.05, 0) is 65.6 Å². The van der Waals surface area contributed by atoms with Gasteiger partial charge in [0.05, 0.1) is 13.7 Å². The van der Waals surface area contributed by atoms with Crippen molar-refractivity contribution < 1.29 is 18.6 Å². The third-order valence-electron chi connectivity index (χ3n) is 5.49. The van der Waals surface area contributed by atoms with E-state index in [2.05, 4.69) is 13.8 Å². The van der Waals surface area contributed by atoms with Crippen molar-refractivity contribution in [3.05, 3.63) is 53.1 Å². The van der Waals surface area contributed by atoms with E-state index in [1.165, 1.54) is 19.2 Å². The number of rotatable bonds is 4. The molecule has 0 radical (unpaired) electrons. The molecular weight excluding hydrogens is 322 g/mol. The van der Waals surface area contributed by atoms with Crippen LogP contribution in [-0.2, 0) is 6.61 Å². The Balaban J connectivity index is 2.24. The minimum absolute atomic E-state index is 0.0502. The molecule has 0 aromatic heterocycles. The van der Waals surface area contributed by atoms with Gasteiger partial charge in [0, 0.05) is 11.1 Å². The van der Waals surface area contributed by atoms with E-state index in [0.717, 1.165) is 24.8 Å². The van der Waals surface area contributed by atoms with E-state index >= 15 is 0 Å². The zero-order chi connectivity index (χ0) is 18.2. The Labute approximate surface area is 147 Å². The molecule has 4 heteroatoms. The van der Waals surface area contributed by atoms with Crippen LogP contribution in [-0.4, -0.2) is 12.2 Å². The number of methoxy groups -OCH3 is 1. The molecular formula is C21H24F2O2. The summed E-state index contributed by atoms with van der Waals surface area (Å²) >= 11 is 0. The molecule has 2 nitrogen and oxygen atoms in total. The van der Waals surface area contributed by atoms with Crippen LogP contribution in [0.5, 0.6) is 5.75 Å². The van der Waals surface area contributed by atoms with Crippen molar-refractivity contribution in [3.8, 4) is 16.9 Å². The molecule has 0 aliphatic heterocycles. The fourth-order valence-corrected chi connectivity index (χ4v) is 4.02. The molecule has 1 aliphatic carbocycles. The Morgan fingerprint density at radius 2 is 1.88 bits per heavy atom. The highest BCUT2D eigenvalue weighted by Gasteiger charge is 2.37. The monoisotopic (exact) mass is 346 g/mol. The summed E-state index contributed by atoms with van der Waals surface area (Å²) in [7, 11) is 1.52. The van der Waals surface area contributed by atoms with E-state index < -0.39 is 11.6 Å². The second-order valence-electron chi connectivity index (χ2n) is 7.47. The van der Waals surface area contributed by atoms with Gasteiger partial charge < -0.3 is 9.84 Å². The van der Waals surface area contributed by atoms with Crippen LogP contribution >= 0.6 is 0 Å². The number of benzene rings is 2. The van der Waals surface area contributed by atoms with E-state index in [1.54, 1.807) is 18.2 Å².